The smallest absolute Gasteiger partial charge is 0.240 e. The Morgan fingerprint density at radius 1 is 1.41 bits per heavy atom. The summed E-state index contributed by atoms with van der Waals surface area (Å²) in [7, 11) is 0. The summed E-state index contributed by atoms with van der Waals surface area (Å²) < 4.78 is 0. The minimum Gasteiger partial charge on any atom is -0.352 e. The molecule has 1 saturated heterocycles. The lowest BCUT2D eigenvalue weighted by molar-refractivity contribution is -0.128. The van der Waals surface area contributed by atoms with Crippen LogP contribution in [0.4, 0.5) is 0 Å². The number of nitrogens with one attached hydrogen (secondary N) is 2. The summed E-state index contributed by atoms with van der Waals surface area (Å²) in [5.41, 5.74) is 0.132. The molecular formula is C14H26N2O. The van der Waals surface area contributed by atoms with Gasteiger partial charge in [0.1, 0.15) is 0 Å². The van der Waals surface area contributed by atoms with E-state index in [0.717, 1.165) is 38.6 Å². The molecule has 1 heterocycles. The molecule has 1 aliphatic carbocycles. The van der Waals surface area contributed by atoms with E-state index < -0.39 is 0 Å². The molecule has 1 saturated carbocycles. The summed E-state index contributed by atoms with van der Waals surface area (Å²) in [5, 5.41) is 6.67. The molecule has 2 atom stereocenters. The van der Waals surface area contributed by atoms with E-state index in [0.29, 0.717) is 11.5 Å². The first-order chi connectivity index (χ1) is 7.97. The number of hydrogen-bond donors (Lipinski definition) is 2. The Labute approximate surface area is 105 Å². The van der Waals surface area contributed by atoms with Crippen LogP contribution in [0.2, 0.25) is 0 Å². The highest BCUT2D eigenvalue weighted by atomic mass is 16.2. The second kappa shape index (κ2) is 4.60. The second-order valence-corrected chi connectivity index (χ2v) is 6.54. The van der Waals surface area contributed by atoms with Crippen LogP contribution in [0.3, 0.4) is 0 Å². The Bertz CT molecular complexity index is 293. The van der Waals surface area contributed by atoms with Crippen molar-refractivity contribution < 1.29 is 4.79 Å². The van der Waals surface area contributed by atoms with Crippen LogP contribution < -0.4 is 10.6 Å². The van der Waals surface area contributed by atoms with Gasteiger partial charge in [0.15, 0.2) is 0 Å². The van der Waals surface area contributed by atoms with Crippen LogP contribution in [0, 0.1) is 5.41 Å². The first-order valence-corrected chi connectivity index (χ1v) is 7.03. The molecule has 2 rings (SSSR count). The molecule has 17 heavy (non-hydrogen) atoms. The quantitative estimate of drug-likeness (QED) is 0.791. The van der Waals surface area contributed by atoms with Gasteiger partial charge in [-0.15, -0.1) is 0 Å². The highest BCUT2D eigenvalue weighted by Crippen LogP contribution is 2.37. The average molecular weight is 238 g/mol. The molecule has 1 amide bonds. The zero-order valence-electron chi connectivity index (χ0n) is 11.4. The van der Waals surface area contributed by atoms with Crippen molar-refractivity contribution in [2.75, 3.05) is 6.54 Å². The van der Waals surface area contributed by atoms with Crippen molar-refractivity contribution in [3.05, 3.63) is 0 Å². The van der Waals surface area contributed by atoms with E-state index in [1.165, 1.54) is 6.42 Å². The third-order valence-corrected chi connectivity index (χ3v) is 4.59. The fourth-order valence-corrected chi connectivity index (χ4v) is 3.35. The van der Waals surface area contributed by atoms with Gasteiger partial charge in [-0.3, -0.25) is 4.79 Å². The van der Waals surface area contributed by atoms with Crippen molar-refractivity contribution in [3.63, 3.8) is 0 Å². The Kier molecular flexibility index (Phi) is 3.48. The number of hydrogen-bond acceptors (Lipinski definition) is 2. The molecule has 98 valence electrons. The van der Waals surface area contributed by atoms with Gasteiger partial charge in [-0.25, -0.2) is 0 Å². The first-order valence-electron chi connectivity index (χ1n) is 7.03. The molecule has 1 aliphatic heterocycles. The zero-order valence-corrected chi connectivity index (χ0v) is 11.4. The Balaban J connectivity index is 1.93. The fraction of sp³-hybridized carbons (Fsp3) is 0.929. The number of carbonyl (C=O) groups excluding carboxylic acids is 1. The molecule has 0 radical (unpaired) electrons. The molecular weight excluding hydrogens is 212 g/mol. The fourth-order valence-electron chi connectivity index (χ4n) is 3.35. The first kappa shape index (κ1) is 12.9. The van der Waals surface area contributed by atoms with Crippen LogP contribution in [0.25, 0.3) is 0 Å². The normalized spacial score (nSPS) is 36.1. The van der Waals surface area contributed by atoms with Crippen LogP contribution >= 0.6 is 0 Å². The van der Waals surface area contributed by atoms with Gasteiger partial charge in [-0.05, 0) is 50.5 Å². The molecule has 3 heteroatoms. The monoisotopic (exact) mass is 238 g/mol. The summed E-state index contributed by atoms with van der Waals surface area (Å²) in [6.07, 6.45) is 6.50. The Hall–Kier alpha value is -0.570. The van der Waals surface area contributed by atoms with E-state index in [-0.39, 0.29) is 11.4 Å². The molecule has 2 unspecified atom stereocenters. The lowest BCUT2D eigenvalue weighted by Gasteiger charge is -2.29. The highest BCUT2D eigenvalue weighted by molar-refractivity contribution is 5.86. The predicted molar refractivity (Wildman–Crippen MR) is 69.8 cm³/mol. The van der Waals surface area contributed by atoms with Gasteiger partial charge >= 0.3 is 0 Å². The zero-order chi connectivity index (χ0) is 12.5. The van der Waals surface area contributed by atoms with E-state index in [9.17, 15) is 4.79 Å². The summed E-state index contributed by atoms with van der Waals surface area (Å²) in [6, 6.07) is 0.392. The summed E-state index contributed by atoms with van der Waals surface area (Å²) >= 11 is 0. The molecule has 2 fully saturated rings. The summed E-state index contributed by atoms with van der Waals surface area (Å²) in [4.78, 5) is 12.4. The maximum absolute atomic E-state index is 12.4. The van der Waals surface area contributed by atoms with Gasteiger partial charge in [0.25, 0.3) is 0 Å². The molecule has 0 aromatic heterocycles. The van der Waals surface area contributed by atoms with Gasteiger partial charge in [0, 0.05) is 6.04 Å². The minimum absolute atomic E-state index is 0.236. The van der Waals surface area contributed by atoms with Crippen molar-refractivity contribution >= 4 is 5.91 Å². The van der Waals surface area contributed by atoms with E-state index in [1.54, 1.807) is 0 Å². The van der Waals surface area contributed by atoms with Crippen molar-refractivity contribution in [2.45, 2.75) is 70.9 Å². The van der Waals surface area contributed by atoms with Crippen molar-refractivity contribution in [3.8, 4) is 0 Å². The SMILES string of the molecule is CCC1(C(=O)NC2CCC(C)(C)C2)CCCN1. The van der Waals surface area contributed by atoms with Gasteiger partial charge in [0.05, 0.1) is 5.54 Å². The van der Waals surface area contributed by atoms with Crippen LogP contribution in [0.15, 0.2) is 0 Å². The predicted octanol–water partition coefficient (Wildman–Crippen LogP) is 2.21. The topological polar surface area (TPSA) is 41.1 Å². The van der Waals surface area contributed by atoms with E-state index in [4.69, 9.17) is 0 Å². The summed E-state index contributed by atoms with van der Waals surface area (Å²) in [6.45, 7) is 7.68. The van der Waals surface area contributed by atoms with E-state index in [1.807, 2.05) is 0 Å². The maximum atomic E-state index is 12.4. The average Bonchev–Trinajstić information content (AvgIpc) is 2.86. The number of rotatable bonds is 3. The molecule has 3 nitrogen and oxygen atoms in total. The highest BCUT2D eigenvalue weighted by Gasteiger charge is 2.41. The largest absolute Gasteiger partial charge is 0.352 e. The number of carbonyl (C=O) groups is 1. The molecule has 2 N–H and O–H groups in total. The molecule has 0 aromatic carbocycles. The van der Waals surface area contributed by atoms with Gasteiger partial charge in [-0.2, -0.15) is 0 Å². The third-order valence-electron chi connectivity index (χ3n) is 4.59. The van der Waals surface area contributed by atoms with Gasteiger partial charge in [-0.1, -0.05) is 20.8 Å². The second-order valence-electron chi connectivity index (χ2n) is 6.54. The molecule has 0 bridgehead atoms. The lowest BCUT2D eigenvalue weighted by Crippen LogP contribution is -2.55. The summed E-state index contributed by atoms with van der Waals surface area (Å²) in [5.74, 6) is 0.236. The minimum atomic E-state index is -0.271. The third kappa shape index (κ3) is 2.65. The van der Waals surface area contributed by atoms with E-state index in [2.05, 4.69) is 31.4 Å². The van der Waals surface area contributed by atoms with Crippen molar-refractivity contribution in [1.82, 2.24) is 10.6 Å². The molecule has 0 spiro atoms. The van der Waals surface area contributed by atoms with Crippen LogP contribution in [0.1, 0.15) is 59.3 Å². The van der Waals surface area contributed by atoms with E-state index >= 15 is 0 Å². The maximum Gasteiger partial charge on any atom is 0.240 e. The number of amides is 1. The lowest BCUT2D eigenvalue weighted by atomic mass is 9.91. The standard InChI is InChI=1S/C14H26N2O/c1-4-14(7-5-9-15-14)12(17)16-11-6-8-13(2,3)10-11/h11,15H,4-10H2,1-3H3,(H,16,17). The molecule has 0 aromatic rings. The Morgan fingerprint density at radius 2 is 2.18 bits per heavy atom. The van der Waals surface area contributed by atoms with Crippen molar-refractivity contribution in [2.24, 2.45) is 5.41 Å². The molecule has 2 aliphatic rings. The van der Waals surface area contributed by atoms with Crippen LogP contribution in [-0.2, 0) is 4.79 Å². The van der Waals surface area contributed by atoms with Gasteiger partial charge in [0.2, 0.25) is 5.91 Å². The van der Waals surface area contributed by atoms with Crippen molar-refractivity contribution in [1.29, 1.82) is 0 Å². The van der Waals surface area contributed by atoms with Crippen LogP contribution in [-0.4, -0.2) is 24.0 Å². The Morgan fingerprint density at radius 3 is 2.65 bits per heavy atom. The van der Waals surface area contributed by atoms with Gasteiger partial charge < -0.3 is 10.6 Å². The van der Waals surface area contributed by atoms with Crippen LogP contribution in [0.5, 0.6) is 0 Å².